The van der Waals surface area contributed by atoms with Crippen LogP contribution in [0.1, 0.15) is 75.6 Å². The molecule has 7 rings (SSSR count). The summed E-state index contributed by atoms with van der Waals surface area (Å²) in [4.78, 5) is 71.9. The Balaban J connectivity index is 1.28. The summed E-state index contributed by atoms with van der Waals surface area (Å²) >= 11 is 6.14. The molecule has 1 saturated heterocycles. The maximum atomic E-state index is 14.5. The molecule has 15 nitrogen and oxygen atoms in total. The molecule has 1 aliphatic carbocycles. The first kappa shape index (κ1) is 36.4. The smallest absolute Gasteiger partial charge is 0.416 e. The van der Waals surface area contributed by atoms with Gasteiger partial charge in [0.05, 0.1) is 22.0 Å². The number of benzene rings is 1. The van der Waals surface area contributed by atoms with Crippen LogP contribution in [0.5, 0.6) is 5.75 Å². The van der Waals surface area contributed by atoms with Crippen molar-refractivity contribution in [2.45, 2.75) is 57.2 Å². The van der Waals surface area contributed by atoms with Crippen molar-refractivity contribution >= 4 is 40.8 Å². The number of halogens is 4. The fourth-order valence-corrected chi connectivity index (χ4v) is 7.65. The van der Waals surface area contributed by atoms with E-state index in [1.54, 1.807) is 22.5 Å². The summed E-state index contributed by atoms with van der Waals surface area (Å²) < 4.78 is 42.5. The maximum absolute atomic E-state index is 14.5. The molecule has 0 saturated carbocycles. The summed E-state index contributed by atoms with van der Waals surface area (Å²) in [5.41, 5.74) is -0.562. The number of aromatic hydroxyl groups is 1. The van der Waals surface area contributed by atoms with Gasteiger partial charge in [-0.25, -0.2) is 9.97 Å². The molecule has 1 aliphatic heterocycles. The topological polar surface area (TPSA) is 190 Å². The first-order valence-corrected chi connectivity index (χ1v) is 17.2. The summed E-state index contributed by atoms with van der Waals surface area (Å²) in [6.07, 6.45) is -0.784. The number of aryl methyl sites for hydroxylation is 1. The van der Waals surface area contributed by atoms with Gasteiger partial charge in [0.1, 0.15) is 18.6 Å². The Morgan fingerprint density at radius 3 is 2.48 bits per heavy atom. The third-order valence-corrected chi connectivity index (χ3v) is 10.4. The van der Waals surface area contributed by atoms with Crippen LogP contribution in [0.3, 0.4) is 0 Å². The molecule has 3 amide bonds. The fourth-order valence-electron chi connectivity index (χ4n) is 7.43. The molecule has 2 aliphatic rings. The number of aromatic nitrogens is 7. The van der Waals surface area contributed by atoms with E-state index in [2.05, 4.69) is 35.7 Å². The lowest BCUT2D eigenvalue weighted by Crippen LogP contribution is -2.46. The first-order chi connectivity index (χ1) is 25.6. The minimum absolute atomic E-state index is 0.0314. The van der Waals surface area contributed by atoms with Gasteiger partial charge in [0.25, 0.3) is 17.4 Å². The Bertz CT molecular complexity index is 2410. The van der Waals surface area contributed by atoms with Crippen LogP contribution in [0, 0.1) is 6.92 Å². The lowest BCUT2D eigenvalue weighted by Gasteiger charge is -2.39. The van der Waals surface area contributed by atoms with E-state index in [4.69, 9.17) is 11.6 Å². The zero-order chi connectivity index (χ0) is 38.7. The minimum atomic E-state index is -4.63. The summed E-state index contributed by atoms with van der Waals surface area (Å²) in [6, 6.07) is 5.64. The Labute approximate surface area is 309 Å². The number of nitrogens with zero attached hydrogens (tertiary/aromatic N) is 8. The van der Waals surface area contributed by atoms with Crippen molar-refractivity contribution in [3.8, 4) is 17.1 Å². The van der Waals surface area contributed by atoms with Crippen LogP contribution < -0.4 is 16.2 Å². The van der Waals surface area contributed by atoms with Gasteiger partial charge >= 0.3 is 6.18 Å². The number of alkyl halides is 3. The number of fused-ring (bicyclic) bond motifs is 3. The summed E-state index contributed by atoms with van der Waals surface area (Å²) in [7, 11) is 1.47. The molecule has 0 bridgehead atoms. The van der Waals surface area contributed by atoms with Gasteiger partial charge in [-0.3, -0.25) is 24.2 Å². The van der Waals surface area contributed by atoms with Crippen LogP contribution in [0.25, 0.3) is 17.2 Å². The van der Waals surface area contributed by atoms with Crippen LogP contribution >= 0.6 is 11.6 Å². The Morgan fingerprint density at radius 1 is 1.09 bits per heavy atom. The van der Waals surface area contributed by atoms with E-state index in [0.29, 0.717) is 36.1 Å². The Morgan fingerprint density at radius 2 is 1.83 bits per heavy atom. The highest BCUT2D eigenvalue weighted by Crippen LogP contribution is 2.50. The van der Waals surface area contributed by atoms with E-state index >= 15 is 0 Å². The molecule has 1 unspecified atom stereocenters. The van der Waals surface area contributed by atoms with Gasteiger partial charge in [0.2, 0.25) is 11.7 Å². The number of hydrogen-bond acceptors (Lipinski definition) is 10. The van der Waals surface area contributed by atoms with Crippen molar-refractivity contribution < 1.29 is 32.7 Å². The number of hydrogen-bond donors (Lipinski definition) is 3. The number of pyridine rings is 1. The largest absolute Gasteiger partial charge is 0.504 e. The summed E-state index contributed by atoms with van der Waals surface area (Å²) in [5, 5.41) is 19.7. The van der Waals surface area contributed by atoms with E-state index in [1.807, 2.05) is 6.92 Å². The van der Waals surface area contributed by atoms with Crippen molar-refractivity contribution in [3.05, 3.63) is 92.1 Å². The lowest BCUT2D eigenvalue weighted by atomic mass is 9.73. The second-order valence-corrected chi connectivity index (χ2v) is 13.8. The molecule has 0 radical (unpaired) electrons. The molecule has 1 aromatic carbocycles. The molecule has 5 heterocycles. The number of piperidine rings is 1. The fraction of sp³-hybridized carbons (Fsp3) is 0.343. The predicted octanol–water partition coefficient (Wildman–Crippen LogP) is 4.11. The zero-order valence-corrected chi connectivity index (χ0v) is 29.8. The molecular formula is C35H32ClF3N10O5. The predicted molar refractivity (Wildman–Crippen MR) is 187 cm³/mol. The average molecular weight is 765 g/mol. The van der Waals surface area contributed by atoms with Crippen LogP contribution in [-0.2, 0) is 22.9 Å². The molecule has 5 aromatic rings. The number of carbonyl (C=O) groups is 3. The highest BCUT2D eigenvalue weighted by Gasteiger charge is 2.49. The molecule has 19 heteroatoms. The number of amides is 3. The van der Waals surface area contributed by atoms with Gasteiger partial charge in [-0.2, -0.15) is 22.7 Å². The average Bonchev–Trinajstić information content (AvgIpc) is 3.71. The van der Waals surface area contributed by atoms with Crippen molar-refractivity contribution in [1.29, 1.82) is 0 Å². The zero-order valence-electron chi connectivity index (χ0n) is 29.0. The minimum Gasteiger partial charge on any atom is -0.504 e. The Hall–Kier alpha value is -5.91. The standard InChI is InChI=1S/C35H32ClF3N10O5/c1-17-13-34(8-10-47(11-9-34)32(54)26-28(51)18(2)42-16-43-26)25-27(17)48(15-24(50)44-22-7-5-20(12-21(22)36)35(37,38)39)33-45-29(46-49(33)31(25)53)19-4-6-23(41-14-19)30(52)40-3/h4-7,12,14,16-17,51H,8-11,13,15H2,1-3H3,(H,40,52)(H,44,50). The van der Waals surface area contributed by atoms with Crippen molar-refractivity contribution in [2.24, 2.45) is 0 Å². The third-order valence-electron chi connectivity index (χ3n) is 10.0. The Kier molecular flexibility index (Phi) is 9.11. The summed E-state index contributed by atoms with van der Waals surface area (Å²) in [6.45, 7) is 3.55. The van der Waals surface area contributed by atoms with Gasteiger partial charge in [0, 0.05) is 48.6 Å². The number of anilines is 1. The normalized spacial score (nSPS) is 16.4. The highest BCUT2D eigenvalue weighted by atomic mass is 35.5. The van der Waals surface area contributed by atoms with Crippen LogP contribution in [0.15, 0.2) is 47.7 Å². The number of rotatable bonds is 6. The van der Waals surface area contributed by atoms with Crippen molar-refractivity contribution in [2.75, 3.05) is 25.5 Å². The molecule has 1 spiro atoms. The van der Waals surface area contributed by atoms with Gasteiger partial charge in [0.15, 0.2) is 17.3 Å². The van der Waals surface area contributed by atoms with E-state index in [0.717, 1.165) is 22.7 Å². The van der Waals surface area contributed by atoms with E-state index < -0.39 is 47.0 Å². The van der Waals surface area contributed by atoms with Gasteiger partial charge in [-0.15, -0.1) is 5.10 Å². The van der Waals surface area contributed by atoms with Crippen LogP contribution in [-0.4, -0.2) is 82.0 Å². The highest BCUT2D eigenvalue weighted by molar-refractivity contribution is 6.33. The second kappa shape index (κ2) is 13.5. The monoisotopic (exact) mass is 764 g/mol. The van der Waals surface area contributed by atoms with Crippen molar-refractivity contribution in [1.82, 2.24) is 44.3 Å². The maximum Gasteiger partial charge on any atom is 0.416 e. The van der Waals surface area contributed by atoms with Gasteiger partial charge in [-0.1, -0.05) is 18.5 Å². The quantitative estimate of drug-likeness (QED) is 0.227. The van der Waals surface area contributed by atoms with Gasteiger partial charge < -0.3 is 25.2 Å². The molecule has 54 heavy (non-hydrogen) atoms. The van der Waals surface area contributed by atoms with E-state index in [-0.39, 0.29) is 64.2 Å². The van der Waals surface area contributed by atoms with Crippen LogP contribution in [0.2, 0.25) is 5.02 Å². The van der Waals surface area contributed by atoms with Crippen molar-refractivity contribution in [3.63, 3.8) is 0 Å². The second-order valence-electron chi connectivity index (χ2n) is 13.4. The molecule has 1 fully saturated rings. The number of carbonyl (C=O) groups excluding carboxylic acids is 3. The van der Waals surface area contributed by atoms with E-state index in [9.17, 15) is 37.5 Å². The SMILES string of the molecule is CNC(=O)c1ccc(-c2nc3n(CC(=O)Nc4ccc(C(F)(F)F)cc4Cl)c4c(c(=O)n3n2)C2(CCN(C(=O)c3ncnc(C)c3O)CC2)CC4C)cn1. The van der Waals surface area contributed by atoms with E-state index in [1.165, 1.54) is 25.6 Å². The first-order valence-electron chi connectivity index (χ1n) is 16.8. The molecule has 4 aromatic heterocycles. The third kappa shape index (κ3) is 6.29. The lowest BCUT2D eigenvalue weighted by molar-refractivity contribution is -0.137. The number of nitrogens with one attached hydrogen (secondary N) is 2. The molecule has 1 atom stereocenters. The van der Waals surface area contributed by atoms with Crippen LogP contribution in [0.4, 0.5) is 18.9 Å². The molecule has 3 N–H and O–H groups in total. The van der Waals surface area contributed by atoms with Gasteiger partial charge in [-0.05, 0) is 62.4 Å². The molecule has 280 valence electrons. The molecular weight excluding hydrogens is 733 g/mol. The number of likely N-dealkylation sites (tertiary alicyclic amines) is 1. The summed E-state index contributed by atoms with van der Waals surface area (Å²) in [5.74, 6) is -1.98.